The van der Waals surface area contributed by atoms with Crippen molar-refractivity contribution in [3.05, 3.63) is 89.5 Å². The lowest BCUT2D eigenvalue weighted by atomic mass is 9.97. The highest BCUT2D eigenvalue weighted by Crippen LogP contribution is 2.49. The Labute approximate surface area is 178 Å². The third kappa shape index (κ3) is 3.66. The standard InChI is InChI=1S/C24H21F2NO2S/c25-19-8-4-17(5-9-19)24(18-6-10-20(26)11-7-18)28-22-13-12-21(16-23(22)29-24)30-27-14-2-1-3-15-27/h4-13,16H,1-3,14-15H2. The molecule has 0 atom stereocenters. The number of hydrogen-bond donors (Lipinski definition) is 0. The second-order valence-corrected chi connectivity index (χ2v) is 8.69. The van der Waals surface area contributed by atoms with Gasteiger partial charge in [-0.05, 0) is 91.5 Å². The van der Waals surface area contributed by atoms with Gasteiger partial charge in [0, 0.05) is 29.1 Å². The molecule has 3 aromatic rings. The highest BCUT2D eigenvalue weighted by Gasteiger charge is 2.45. The maximum absolute atomic E-state index is 13.6. The van der Waals surface area contributed by atoms with E-state index in [4.69, 9.17) is 9.47 Å². The minimum Gasteiger partial charge on any atom is -0.440 e. The molecule has 0 unspecified atom stereocenters. The van der Waals surface area contributed by atoms with Gasteiger partial charge in [-0.15, -0.1) is 0 Å². The Hall–Kier alpha value is -2.57. The van der Waals surface area contributed by atoms with Crippen LogP contribution in [0.2, 0.25) is 0 Å². The van der Waals surface area contributed by atoms with Crippen molar-refractivity contribution in [3.63, 3.8) is 0 Å². The third-order valence-corrected chi connectivity index (χ3v) is 6.51. The van der Waals surface area contributed by atoms with Crippen molar-refractivity contribution >= 4 is 11.9 Å². The number of fused-ring (bicyclic) bond motifs is 1. The molecular weight excluding hydrogens is 404 g/mol. The molecule has 154 valence electrons. The predicted octanol–water partition coefficient (Wildman–Crippen LogP) is 6.13. The van der Waals surface area contributed by atoms with Crippen molar-refractivity contribution in [2.24, 2.45) is 0 Å². The number of halogens is 2. The van der Waals surface area contributed by atoms with Crippen molar-refractivity contribution in [1.29, 1.82) is 0 Å². The fraction of sp³-hybridized carbons (Fsp3) is 0.250. The van der Waals surface area contributed by atoms with Gasteiger partial charge < -0.3 is 9.47 Å². The molecule has 1 saturated heterocycles. The molecule has 0 bridgehead atoms. The predicted molar refractivity (Wildman–Crippen MR) is 113 cm³/mol. The Kier molecular flexibility index (Phi) is 5.13. The average molecular weight is 426 g/mol. The lowest BCUT2D eigenvalue weighted by Gasteiger charge is -2.28. The Morgan fingerprint density at radius 2 is 1.27 bits per heavy atom. The Bertz CT molecular complexity index is 989. The molecule has 2 aliphatic heterocycles. The zero-order valence-corrected chi connectivity index (χ0v) is 17.1. The van der Waals surface area contributed by atoms with Gasteiger partial charge in [0.1, 0.15) is 11.6 Å². The summed E-state index contributed by atoms with van der Waals surface area (Å²) < 4.78 is 42.2. The topological polar surface area (TPSA) is 21.7 Å². The summed E-state index contributed by atoms with van der Waals surface area (Å²) in [6.45, 7) is 2.16. The summed E-state index contributed by atoms with van der Waals surface area (Å²) in [7, 11) is 0. The first kappa shape index (κ1) is 19.4. The fourth-order valence-corrected chi connectivity index (χ4v) is 4.91. The summed E-state index contributed by atoms with van der Waals surface area (Å²) in [5, 5.41) is 0. The van der Waals surface area contributed by atoms with E-state index in [1.165, 1.54) is 43.5 Å². The van der Waals surface area contributed by atoms with Crippen LogP contribution in [0.4, 0.5) is 8.78 Å². The van der Waals surface area contributed by atoms with Crippen molar-refractivity contribution in [2.45, 2.75) is 29.9 Å². The first-order chi connectivity index (χ1) is 14.6. The third-order valence-electron chi connectivity index (χ3n) is 5.42. The minimum absolute atomic E-state index is 0.344. The molecule has 2 aliphatic rings. The van der Waals surface area contributed by atoms with Gasteiger partial charge in [-0.1, -0.05) is 6.42 Å². The Balaban J connectivity index is 1.50. The maximum atomic E-state index is 13.6. The van der Waals surface area contributed by atoms with Gasteiger partial charge in [-0.3, -0.25) is 0 Å². The average Bonchev–Trinajstić information content (AvgIpc) is 3.15. The SMILES string of the molecule is Fc1ccc(C2(c3ccc(F)cc3)Oc3ccc(SN4CCCCC4)cc3O2)cc1. The zero-order valence-electron chi connectivity index (χ0n) is 16.3. The first-order valence-electron chi connectivity index (χ1n) is 10.1. The number of nitrogens with zero attached hydrogens (tertiary/aromatic N) is 1. The van der Waals surface area contributed by atoms with Crippen LogP contribution in [0.25, 0.3) is 0 Å². The summed E-state index contributed by atoms with van der Waals surface area (Å²) in [6.07, 6.45) is 3.72. The normalized spacial score (nSPS) is 17.8. The van der Waals surface area contributed by atoms with Crippen molar-refractivity contribution in [1.82, 2.24) is 4.31 Å². The number of ether oxygens (including phenoxy) is 2. The van der Waals surface area contributed by atoms with Gasteiger partial charge in [-0.2, -0.15) is 0 Å². The highest BCUT2D eigenvalue weighted by molar-refractivity contribution is 7.97. The van der Waals surface area contributed by atoms with E-state index < -0.39 is 5.79 Å². The molecule has 0 spiro atoms. The molecule has 2 heterocycles. The van der Waals surface area contributed by atoms with Crippen LogP contribution in [0.5, 0.6) is 11.5 Å². The van der Waals surface area contributed by atoms with Crippen LogP contribution < -0.4 is 9.47 Å². The molecule has 0 saturated carbocycles. The summed E-state index contributed by atoms with van der Waals surface area (Å²) >= 11 is 1.72. The lowest BCUT2D eigenvalue weighted by Crippen LogP contribution is -2.36. The van der Waals surface area contributed by atoms with E-state index >= 15 is 0 Å². The number of hydrogen-bond acceptors (Lipinski definition) is 4. The molecular formula is C24H21F2NO2S. The molecule has 0 amide bonds. The van der Waals surface area contributed by atoms with Gasteiger partial charge >= 0.3 is 5.79 Å². The quantitative estimate of drug-likeness (QED) is 0.469. The van der Waals surface area contributed by atoms with Gasteiger partial charge in [0.15, 0.2) is 11.5 Å². The molecule has 0 aliphatic carbocycles. The van der Waals surface area contributed by atoms with Gasteiger partial charge in [0.2, 0.25) is 0 Å². The van der Waals surface area contributed by atoms with Crippen LogP contribution in [-0.4, -0.2) is 17.4 Å². The highest BCUT2D eigenvalue weighted by atomic mass is 32.2. The summed E-state index contributed by atoms with van der Waals surface area (Å²) in [6, 6.07) is 17.9. The minimum atomic E-state index is -1.29. The molecule has 1 fully saturated rings. The molecule has 5 rings (SSSR count). The largest absolute Gasteiger partial charge is 0.440 e. The van der Waals surface area contributed by atoms with Crippen LogP contribution in [-0.2, 0) is 5.79 Å². The van der Waals surface area contributed by atoms with Gasteiger partial charge in [0.25, 0.3) is 0 Å². The van der Waals surface area contributed by atoms with E-state index in [9.17, 15) is 8.78 Å². The van der Waals surface area contributed by atoms with Crippen molar-refractivity contribution in [3.8, 4) is 11.5 Å². The fourth-order valence-electron chi connectivity index (χ4n) is 3.89. The maximum Gasteiger partial charge on any atom is 0.305 e. The summed E-state index contributed by atoms with van der Waals surface area (Å²) in [5.41, 5.74) is 1.27. The van der Waals surface area contributed by atoms with E-state index in [2.05, 4.69) is 4.31 Å². The van der Waals surface area contributed by atoms with Crippen molar-refractivity contribution in [2.75, 3.05) is 13.1 Å². The van der Waals surface area contributed by atoms with Gasteiger partial charge in [-0.25, -0.2) is 13.1 Å². The number of piperidine rings is 1. The molecule has 6 heteroatoms. The van der Waals surface area contributed by atoms with Crippen LogP contribution in [0.1, 0.15) is 30.4 Å². The second-order valence-electron chi connectivity index (χ2n) is 7.52. The van der Waals surface area contributed by atoms with E-state index in [0.29, 0.717) is 22.6 Å². The zero-order chi connectivity index (χ0) is 20.6. The van der Waals surface area contributed by atoms with Crippen LogP contribution >= 0.6 is 11.9 Å². The molecule has 3 aromatic carbocycles. The smallest absolute Gasteiger partial charge is 0.305 e. The Morgan fingerprint density at radius 3 is 1.87 bits per heavy atom. The number of benzene rings is 3. The van der Waals surface area contributed by atoms with E-state index in [0.717, 1.165) is 18.0 Å². The summed E-state index contributed by atoms with van der Waals surface area (Å²) in [5.74, 6) is -0.761. The van der Waals surface area contributed by atoms with E-state index in [1.807, 2.05) is 18.2 Å². The van der Waals surface area contributed by atoms with Crippen LogP contribution in [0, 0.1) is 11.6 Å². The van der Waals surface area contributed by atoms with Gasteiger partial charge in [0.05, 0.1) is 0 Å². The summed E-state index contributed by atoms with van der Waals surface area (Å²) in [4.78, 5) is 1.08. The second kappa shape index (κ2) is 7.93. The Morgan fingerprint density at radius 1 is 0.700 bits per heavy atom. The van der Waals surface area contributed by atoms with E-state index in [-0.39, 0.29) is 11.6 Å². The van der Waals surface area contributed by atoms with Crippen LogP contribution in [0.3, 0.4) is 0 Å². The van der Waals surface area contributed by atoms with E-state index in [1.54, 1.807) is 36.2 Å². The molecule has 30 heavy (non-hydrogen) atoms. The van der Waals surface area contributed by atoms with Crippen LogP contribution in [0.15, 0.2) is 71.6 Å². The monoisotopic (exact) mass is 425 g/mol. The molecule has 3 nitrogen and oxygen atoms in total. The van der Waals surface area contributed by atoms with Crippen molar-refractivity contribution < 1.29 is 18.3 Å². The molecule has 0 N–H and O–H groups in total. The first-order valence-corrected chi connectivity index (χ1v) is 10.9. The lowest BCUT2D eigenvalue weighted by molar-refractivity contribution is -0.0460. The number of rotatable bonds is 4. The molecule has 0 aromatic heterocycles. The molecule has 0 radical (unpaired) electrons.